The number of nitrogens with zero attached hydrogens (tertiary/aromatic N) is 1. The zero-order valence-corrected chi connectivity index (χ0v) is 12.2. The van der Waals surface area contributed by atoms with Crippen LogP contribution in [0.15, 0.2) is 30.3 Å². The highest BCUT2D eigenvalue weighted by Crippen LogP contribution is 2.36. The van der Waals surface area contributed by atoms with E-state index >= 15 is 0 Å². The normalized spacial score (nSPS) is 13.0. The first-order chi connectivity index (χ1) is 10.7. The number of hydrogen-bond donors (Lipinski definition) is 1. The lowest BCUT2D eigenvalue weighted by atomic mass is 9.87. The molecule has 1 aliphatic heterocycles. The van der Waals surface area contributed by atoms with Gasteiger partial charge in [-0.3, -0.25) is 0 Å². The maximum absolute atomic E-state index is 13.2. The smallest absolute Gasteiger partial charge is 0.123 e. The molecule has 3 rings (SSSR count). The van der Waals surface area contributed by atoms with Gasteiger partial charge in [-0.2, -0.15) is 5.26 Å². The topological polar surface area (TPSA) is 59.0 Å². The lowest BCUT2D eigenvalue weighted by molar-refractivity contribution is 0.134. The van der Waals surface area contributed by atoms with E-state index in [9.17, 15) is 9.65 Å². The van der Waals surface area contributed by atoms with E-state index in [4.69, 9.17) is 10.5 Å². The second-order valence-corrected chi connectivity index (χ2v) is 5.43. The maximum Gasteiger partial charge on any atom is 0.123 e. The number of ether oxygens (including phenoxy) is 1. The minimum absolute atomic E-state index is 0.283. The Morgan fingerprint density at radius 3 is 2.68 bits per heavy atom. The van der Waals surface area contributed by atoms with Crippen LogP contribution in [-0.4, -0.2) is 6.54 Å². The van der Waals surface area contributed by atoms with E-state index in [1.165, 1.54) is 12.1 Å². The van der Waals surface area contributed by atoms with Crippen LogP contribution in [0, 0.1) is 17.1 Å². The highest BCUT2D eigenvalue weighted by Gasteiger charge is 2.22. The van der Waals surface area contributed by atoms with E-state index in [1.807, 2.05) is 0 Å². The zero-order chi connectivity index (χ0) is 15.5. The van der Waals surface area contributed by atoms with Crippen molar-refractivity contribution in [2.24, 2.45) is 5.73 Å². The number of nitrogens with two attached hydrogens (primary N) is 1. The fourth-order valence-corrected chi connectivity index (χ4v) is 2.95. The van der Waals surface area contributed by atoms with Crippen LogP contribution in [0.3, 0.4) is 0 Å². The molecule has 112 valence electrons. The van der Waals surface area contributed by atoms with Crippen molar-refractivity contribution < 1.29 is 9.13 Å². The molecule has 0 atom stereocenters. The summed E-state index contributed by atoms with van der Waals surface area (Å²) in [6.07, 6.45) is 1.60. The van der Waals surface area contributed by atoms with Gasteiger partial charge < -0.3 is 10.5 Å². The van der Waals surface area contributed by atoms with Crippen LogP contribution >= 0.6 is 0 Å². The van der Waals surface area contributed by atoms with Crippen molar-refractivity contribution in [1.29, 1.82) is 5.26 Å². The molecular formula is C18H17FN2O. The highest BCUT2D eigenvalue weighted by atomic mass is 19.1. The van der Waals surface area contributed by atoms with Crippen molar-refractivity contribution in [3.8, 4) is 17.2 Å². The molecule has 2 aromatic rings. The monoisotopic (exact) mass is 296 g/mol. The Hall–Kier alpha value is -2.22. The summed E-state index contributed by atoms with van der Waals surface area (Å²) in [7, 11) is 0. The summed E-state index contributed by atoms with van der Waals surface area (Å²) in [5.41, 5.74) is 11.1. The van der Waals surface area contributed by atoms with Gasteiger partial charge in [0.15, 0.2) is 0 Å². The minimum atomic E-state index is -0.283. The summed E-state index contributed by atoms with van der Waals surface area (Å²) < 4.78 is 18.8. The van der Waals surface area contributed by atoms with Gasteiger partial charge >= 0.3 is 0 Å². The average Bonchev–Trinajstić information content (AvgIpc) is 3.00. The van der Waals surface area contributed by atoms with Crippen LogP contribution in [0.4, 0.5) is 4.39 Å². The van der Waals surface area contributed by atoms with E-state index in [0.717, 1.165) is 40.7 Å². The molecule has 0 bridgehead atoms. The van der Waals surface area contributed by atoms with E-state index < -0.39 is 0 Å². The minimum Gasteiger partial charge on any atom is -0.372 e. The maximum atomic E-state index is 13.2. The lowest BCUT2D eigenvalue weighted by Crippen LogP contribution is -2.04. The number of nitriles is 1. The van der Waals surface area contributed by atoms with Crippen LogP contribution in [0.5, 0.6) is 0 Å². The van der Waals surface area contributed by atoms with E-state index in [0.29, 0.717) is 25.3 Å². The van der Waals surface area contributed by atoms with E-state index in [2.05, 4.69) is 12.1 Å². The van der Waals surface area contributed by atoms with Crippen molar-refractivity contribution in [3.05, 3.63) is 58.4 Å². The molecule has 0 saturated heterocycles. The average molecular weight is 296 g/mol. The molecule has 0 amide bonds. The quantitative estimate of drug-likeness (QED) is 0.942. The first kappa shape index (κ1) is 14.7. The Labute approximate surface area is 129 Å². The second kappa shape index (κ2) is 6.27. The SMILES string of the molecule is N#Cc1c(CCCN)cc2c(c1-c1ccc(F)cc1)COC2. The molecule has 3 nitrogen and oxygen atoms in total. The summed E-state index contributed by atoms with van der Waals surface area (Å²) >= 11 is 0. The van der Waals surface area contributed by atoms with E-state index in [-0.39, 0.29) is 5.82 Å². The molecule has 0 aromatic heterocycles. The first-order valence-electron chi connectivity index (χ1n) is 7.36. The summed E-state index contributed by atoms with van der Waals surface area (Å²) in [5, 5.41) is 9.65. The highest BCUT2D eigenvalue weighted by molar-refractivity contribution is 5.77. The van der Waals surface area contributed by atoms with Crippen molar-refractivity contribution >= 4 is 0 Å². The van der Waals surface area contributed by atoms with Gasteiger partial charge in [-0.25, -0.2) is 4.39 Å². The Morgan fingerprint density at radius 2 is 2.00 bits per heavy atom. The third-order valence-corrected chi connectivity index (χ3v) is 4.01. The Kier molecular flexibility index (Phi) is 4.19. The molecule has 22 heavy (non-hydrogen) atoms. The van der Waals surface area contributed by atoms with Crippen molar-refractivity contribution in [3.63, 3.8) is 0 Å². The summed E-state index contributed by atoms with van der Waals surface area (Å²) in [6, 6.07) is 10.7. The summed E-state index contributed by atoms with van der Waals surface area (Å²) in [5.74, 6) is -0.283. The molecule has 1 aliphatic rings. The number of fused-ring (bicyclic) bond motifs is 1. The van der Waals surface area contributed by atoms with Crippen LogP contribution in [-0.2, 0) is 24.4 Å². The van der Waals surface area contributed by atoms with Gasteiger partial charge in [-0.05, 0) is 53.8 Å². The molecule has 4 heteroatoms. The Morgan fingerprint density at radius 1 is 1.23 bits per heavy atom. The second-order valence-electron chi connectivity index (χ2n) is 5.43. The lowest BCUT2D eigenvalue weighted by Gasteiger charge is -2.14. The molecule has 1 heterocycles. The predicted molar refractivity (Wildman–Crippen MR) is 82.4 cm³/mol. The van der Waals surface area contributed by atoms with Gasteiger partial charge in [0.25, 0.3) is 0 Å². The summed E-state index contributed by atoms with van der Waals surface area (Å²) in [6.45, 7) is 1.64. The van der Waals surface area contributed by atoms with Gasteiger partial charge in [-0.1, -0.05) is 18.2 Å². The standard InChI is InChI=1S/C18H17FN2O/c19-15-5-3-12(4-6-15)18-16(9-21)13(2-1-7-20)8-14-10-22-11-17(14)18/h3-6,8H,1-2,7,10-11,20H2. The number of hydrogen-bond acceptors (Lipinski definition) is 3. The van der Waals surface area contributed by atoms with Gasteiger partial charge in [0.2, 0.25) is 0 Å². The van der Waals surface area contributed by atoms with Crippen molar-refractivity contribution in [2.75, 3.05) is 6.54 Å². The van der Waals surface area contributed by atoms with Crippen LogP contribution in [0.2, 0.25) is 0 Å². The van der Waals surface area contributed by atoms with Gasteiger partial charge in [0.05, 0.1) is 18.8 Å². The number of aryl methyl sites for hydroxylation is 1. The molecule has 0 aliphatic carbocycles. The third kappa shape index (κ3) is 2.61. The zero-order valence-electron chi connectivity index (χ0n) is 12.2. The number of rotatable bonds is 4. The molecule has 2 N–H and O–H groups in total. The molecule has 0 fully saturated rings. The number of halogens is 1. The van der Waals surface area contributed by atoms with Crippen molar-refractivity contribution in [1.82, 2.24) is 0 Å². The Balaban J connectivity index is 2.20. The van der Waals surface area contributed by atoms with Gasteiger partial charge in [0, 0.05) is 5.56 Å². The first-order valence-corrected chi connectivity index (χ1v) is 7.36. The molecular weight excluding hydrogens is 279 g/mol. The largest absolute Gasteiger partial charge is 0.372 e. The molecule has 0 unspecified atom stereocenters. The fourth-order valence-electron chi connectivity index (χ4n) is 2.95. The Bertz CT molecular complexity index is 732. The molecule has 2 aromatic carbocycles. The predicted octanol–water partition coefficient (Wildman–Crippen LogP) is 3.29. The van der Waals surface area contributed by atoms with Crippen LogP contribution in [0.25, 0.3) is 11.1 Å². The number of benzene rings is 2. The van der Waals surface area contributed by atoms with Crippen LogP contribution in [0.1, 0.15) is 28.7 Å². The molecule has 0 radical (unpaired) electrons. The fraction of sp³-hybridized carbons (Fsp3) is 0.278. The van der Waals surface area contributed by atoms with Gasteiger partial charge in [-0.15, -0.1) is 0 Å². The van der Waals surface area contributed by atoms with Gasteiger partial charge in [0.1, 0.15) is 11.9 Å². The summed E-state index contributed by atoms with van der Waals surface area (Å²) in [4.78, 5) is 0. The third-order valence-electron chi connectivity index (χ3n) is 4.01. The van der Waals surface area contributed by atoms with Crippen LogP contribution < -0.4 is 5.73 Å². The van der Waals surface area contributed by atoms with E-state index in [1.54, 1.807) is 12.1 Å². The molecule has 0 saturated carbocycles. The molecule has 0 spiro atoms. The van der Waals surface area contributed by atoms with Crippen molar-refractivity contribution in [2.45, 2.75) is 26.1 Å².